The lowest BCUT2D eigenvalue weighted by Gasteiger charge is -2.34. The van der Waals surface area contributed by atoms with E-state index in [1.807, 2.05) is 6.07 Å². The van der Waals surface area contributed by atoms with Crippen LogP contribution in [0.4, 0.5) is 0 Å². The summed E-state index contributed by atoms with van der Waals surface area (Å²) in [7, 11) is 0. The van der Waals surface area contributed by atoms with Crippen molar-refractivity contribution in [3.8, 4) is 0 Å². The fourth-order valence-electron chi connectivity index (χ4n) is 4.23. The molecular formula is C18H23N3OS. The lowest BCUT2D eigenvalue weighted by atomic mass is 10.0. The van der Waals surface area contributed by atoms with E-state index < -0.39 is 0 Å². The van der Waals surface area contributed by atoms with E-state index in [1.54, 1.807) is 18.3 Å². The van der Waals surface area contributed by atoms with Gasteiger partial charge in [-0.25, -0.2) is 4.98 Å². The monoisotopic (exact) mass is 329 g/mol. The van der Waals surface area contributed by atoms with Crippen LogP contribution in [0.25, 0.3) is 10.2 Å². The van der Waals surface area contributed by atoms with Gasteiger partial charge in [-0.1, -0.05) is 12.1 Å². The van der Waals surface area contributed by atoms with Crippen LogP contribution in [0.2, 0.25) is 0 Å². The molecule has 0 unspecified atom stereocenters. The average molecular weight is 329 g/mol. The van der Waals surface area contributed by atoms with Crippen LogP contribution in [-0.4, -0.2) is 45.9 Å². The summed E-state index contributed by atoms with van der Waals surface area (Å²) in [6.07, 6.45) is 4.74. The predicted octanol–water partition coefficient (Wildman–Crippen LogP) is 3.27. The Morgan fingerprint density at radius 1 is 1.22 bits per heavy atom. The lowest BCUT2D eigenvalue weighted by molar-refractivity contribution is -0.130. The molecule has 2 atom stereocenters. The van der Waals surface area contributed by atoms with Crippen molar-refractivity contribution in [3.63, 3.8) is 0 Å². The zero-order chi connectivity index (χ0) is 15.8. The number of aromatic nitrogens is 1. The molecule has 0 spiro atoms. The van der Waals surface area contributed by atoms with E-state index in [0.29, 0.717) is 12.1 Å². The molecule has 1 amide bonds. The second kappa shape index (κ2) is 6.21. The molecule has 0 radical (unpaired) electrons. The highest BCUT2D eigenvalue weighted by molar-refractivity contribution is 7.18. The van der Waals surface area contributed by atoms with Gasteiger partial charge in [-0.05, 0) is 44.4 Å². The number of fused-ring (bicyclic) bond motifs is 1. The minimum absolute atomic E-state index is 0.235. The maximum atomic E-state index is 11.9. The van der Waals surface area contributed by atoms with Crippen LogP contribution in [0, 0.1) is 0 Å². The molecule has 3 heterocycles. The Bertz CT molecular complexity index is 680. The first-order chi connectivity index (χ1) is 11.2. The smallest absolute Gasteiger partial charge is 0.219 e. The van der Waals surface area contributed by atoms with E-state index in [2.05, 4.69) is 28.0 Å². The summed E-state index contributed by atoms with van der Waals surface area (Å²) >= 11 is 1.80. The van der Waals surface area contributed by atoms with Gasteiger partial charge in [0.15, 0.2) is 0 Å². The van der Waals surface area contributed by atoms with E-state index in [-0.39, 0.29) is 5.91 Å². The van der Waals surface area contributed by atoms with E-state index in [4.69, 9.17) is 4.98 Å². The van der Waals surface area contributed by atoms with E-state index in [1.165, 1.54) is 22.5 Å². The molecule has 5 heteroatoms. The maximum Gasteiger partial charge on any atom is 0.219 e. The van der Waals surface area contributed by atoms with Crippen molar-refractivity contribution < 1.29 is 4.79 Å². The normalized spacial score (nSPS) is 25.5. The van der Waals surface area contributed by atoms with E-state index in [0.717, 1.165) is 38.0 Å². The minimum atomic E-state index is 0.235. The SMILES string of the molecule is CC(=O)N1CCC[C@@H]1[C@H]1CCCN1Cc1nc2ccccc2s1. The Balaban J connectivity index is 1.52. The van der Waals surface area contributed by atoms with Crippen molar-refractivity contribution in [2.75, 3.05) is 13.1 Å². The third kappa shape index (κ3) is 2.88. The molecule has 23 heavy (non-hydrogen) atoms. The lowest BCUT2D eigenvalue weighted by Crippen LogP contribution is -2.47. The molecule has 2 saturated heterocycles. The first-order valence-electron chi connectivity index (χ1n) is 8.58. The van der Waals surface area contributed by atoms with Crippen molar-refractivity contribution in [2.45, 2.75) is 51.2 Å². The molecule has 1 aromatic carbocycles. The molecule has 1 aromatic heterocycles. The van der Waals surface area contributed by atoms with Crippen LogP contribution in [0.1, 0.15) is 37.6 Å². The minimum Gasteiger partial charge on any atom is -0.338 e. The van der Waals surface area contributed by atoms with Crippen LogP contribution >= 0.6 is 11.3 Å². The zero-order valence-electron chi connectivity index (χ0n) is 13.6. The average Bonchev–Trinajstić information content (AvgIpc) is 3.25. The van der Waals surface area contributed by atoms with Gasteiger partial charge in [-0.2, -0.15) is 0 Å². The highest BCUT2D eigenvalue weighted by atomic mass is 32.1. The van der Waals surface area contributed by atoms with Gasteiger partial charge in [-0.3, -0.25) is 9.69 Å². The number of rotatable bonds is 3. The fourth-order valence-corrected chi connectivity index (χ4v) is 5.22. The number of hydrogen-bond acceptors (Lipinski definition) is 4. The summed E-state index contributed by atoms with van der Waals surface area (Å²) in [6.45, 7) is 4.70. The number of amides is 1. The summed E-state index contributed by atoms with van der Waals surface area (Å²) in [5.41, 5.74) is 1.11. The summed E-state index contributed by atoms with van der Waals surface area (Å²) in [6, 6.07) is 9.27. The number of nitrogens with zero attached hydrogens (tertiary/aromatic N) is 3. The van der Waals surface area contributed by atoms with Gasteiger partial charge in [0, 0.05) is 25.6 Å². The second-order valence-corrected chi connectivity index (χ2v) is 7.79. The van der Waals surface area contributed by atoms with Crippen LogP contribution in [0.5, 0.6) is 0 Å². The molecule has 0 saturated carbocycles. The highest BCUT2D eigenvalue weighted by Gasteiger charge is 2.38. The predicted molar refractivity (Wildman–Crippen MR) is 93.5 cm³/mol. The number of carbonyl (C=O) groups excluding carboxylic acids is 1. The summed E-state index contributed by atoms with van der Waals surface area (Å²) in [5, 5.41) is 1.20. The van der Waals surface area contributed by atoms with Gasteiger partial charge in [0.2, 0.25) is 5.91 Å². The standard InChI is InChI=1S/C18H23N3OS/c1-13(22)21-11-5-8-16(21)15-7-4-10-20(15)12-18-19-14-6-2-3-9-17(14)23-18/h2-3,6,9,15-16H,4-5,7-8,10-12H2,1H3/t15-,16-/m1/s1. The molecule has 0 N–H and O–H groups in total. The number of benzene rings is 1. The molecule has 2 aliphatic heterocycles. The second-order valence-electron chi connectivity index (χ2n) is 6.68. The van der Waals surface area contributed by atoms with Gasteiger partial charge < -0.3 is 4.90 Å². The molecule has 0 aliphatic carbocycles. The Hall–Kier alpha value is -1.46. The highest BCUT2D eigenvalue weighted by Crippen LogP contribution is 2.32. The molecule has 0 bridgehead atoms. The van der Waals surface area contributed by atoms with Gasteiger partial charge in [0.25, 0.3) is 0 Å². The van der Waals surface area contributed by atoms with E-state index >= 15 is 0 Å². The molecule has 2 aromatic rings. The van der Waals surface area contributed by atoms with Gasteiger partial charge in [0.05, 0.1) is 16.8 Å². The number of para-hydroxylation sites is 1. The largest absolute Gasteiger partial charge is 0.338 e. The van der Waals surface area contributed by atoms with Crippen molar-refractivity contribution in [1.82, 2.24) is 14.8 Å². The Morgan fingerprint density at radius 3 is 2.83 bits per heavy atom. The Labute approximate surface area is 141 Å². The molecule has 2 fully saturated rings. The summed E-state index contributed by atoms with van der Waals surface area (Å²) < 4.78 is 1.27. The number of likely N-dealkylation sites (tertiary alicyclic amines) is 2. The third-order valence-corrected chi connectivity index (χ3v) is 6.26. The van der Waals surface area contributed by atoms with E-state index in [9.17, 15) is 4.79 Å². The van der Waals surface area contributed by atoms with Crippen LogP contribution in [0.3, 0.4) is 0 Å². The van der Waals surface area contributed by atoms with Gasteiger partial charge in [-0.15, -0.1) is 11.3 Å². The molecule has 4 rings (SSSR count). The van der Waals surface area contributed by atoms with Crippen LogP contribution < -0.4 is 0 Å². The summed E-state index contributed by atoms with van der Waals surface area (Å²) in [5.74, 6) is 0.235. The molecule has 122 valence electrons. The molecule has 2 aliphatic rings. The fraction of sp³-hybridized carbons (Fsp3) is 0.556. The quantitative estimate of drug-likeness (QED) is 0.867. The van der Waals surface area contributed by atoms with Crippen molar-refractivity contribution in [3.05, 3.63) is 29.3 Å². The maximum absolute atomic E-state index is 11.9. The van der Waals surface area contributed by atoms with Gasteiger partial charge in [0.1, 0.15) is 5.01 Å². The molecular weight excluding hydrogens is 306 g/mol. The molecule has 4 nitrogen and oxygen atoms in total. The first-order valence-corrected chi connectivity index (χ1v) is 9.40. The van der Waals surface area contributed by atoms with Crippen LogP contribution in [0.15, 0.2) is 24.3 Å². The zero-order valence-corrected chi connectivity index (χ0v) is 14.4. The third-order valence-electron chi connectivity index (χ3n) is 5.24. The van der Waals surface area contributed by atoms with Crippen molar-refractivity contribution in [1.29, 1.82) is 0 Å². The Morgan fingerprint density at radius 2 is 2.00 bits per heavy atom. The number of carbonyl (C=O) groups is 1. The summed E-state index contributed by atoms with van der Waals surface area (Å²) in [4.78, 5) is 21.3. The number of hydrogen-bond donors (Lipinski definition) is 0. The topological polar surface area (TPSA) is 36.4 Å². The number of thiazole rings is 1. The first kappa shape index (κ1) is 15.1. The Kier molecular flexibility index (Phi) is 4.07. The van der Waals surface area contributed by atoms with Crippen molar-refractivity contribution >= 4 is 27.5 Å². The van der Waals surface area contributed by atoms with Crippen molar-refractivity contribution in [2.24, 2.45) is 0 Å². The van der Waals surface area contributed by atoms with Crippen LogP contribution in [-0.2, 0) is 11.3 Å². The van der Waals surface area contributed by atoms with Gasteiger partial charge >= 0.3 is 0 Å².